The molecule has 0 rings (SSSR count). The van der Waals surface area contributed by atoms with Crippen LogP contribution in [0.4, 0.5) is 0 Å². The van der Waals surface area contributed by atoms with Crippen molar-refractivity contribution in [2.45, 2.75) is 206 Å². The Hall–Kier alpha value is -2.37. The number of aliphatic carboxylic acids is 1. The summed E-state index contributed by atoms with van der Waals surface area (Å²) in [6.45, 7) is 4.19. The second kappa shape index (κ2) is 37.4. The van der Waals surface area contributed by atoms with E-state index >= 15 is 0 Å². The van der Waals surface area contributed by atoms with E-state index in [1.165, 1.54) is 96.3 Å². The van der Waals surface area contributed by atoms with Crippen LogP contribution in [-0.4, -0.2) is 35.6 Å². The Morgan fingerprint density at radius 1 is 0.562 bits per heavy atom. The molecule has 0 heterocycles. The van der Waals surface area contributed by atoms with E-state index in [9.17, 15) is 14.4 Å². The molecule has 2 N–H and O–H groups in total. The maximum atomic E-state index is 12.7. The van der Waals surface area contributed by atoms with Crippen LogP contribution in [0.3, 0.4) is 0 Å². The third-order valence-electron chi connectivity index (χ3n) is 8.77. The number of nitrogens with one attached hydrogen (secondary N) is 1. The van der Waals surface area contributed by atoms with Gasteiger partial charge in [-0.05, 0) is 76.7 Å². The van der Waals surface area contributed by atoms with Crippen molar-refractivity contribution in [2.24, 2.45) is 0 Å². The first-order chi connectivity index (χ1) is 23.5. The fourth-order valence-corrected chi connectivity index (χ4v) is 5.75. The summed E-state index contributed by atoms with van der Waals surface area (Å²) in [6, 6.07) is 0. The lowest BCUT2D eigenvalue weighted by Crippen LogP contribution is -2.28. The highest BCUT2D eigenvalue weighted by molar-refractivity contribution is 5.80. The van der Waals surface area contributed by atoms with Crippen LogP contribution in [-0.2, 0) is 19.1 Å². The Morgan fingerprint density at radius 3 is 1.58 bits per heavy atom. The summed E-state index contributed by atoms with van der Waals surface area (Å²) in [4.78, 5) is 34.8. The highest BCUT2D eigenvalue weighted by Gasteiger charge is 2.11. The minimum absolute atomic E-state index is 0.0666. The van der Waals surface area contributed by atoms with Crippen LogP contribution < -0.4 is 5.32 Å². The van der Waals surface area contributed by atoms with E-state index in [1.807, 2.05) is 0 Å². The van der Waals surface area contributed by atoms with Gasteiger partial charge in [0, 0.05) is 12.8 Å². The van der Waals surface area contributed by atoms with Crippen molar-refractivity contribution in [2.75, 3.05) is 6.54 Å². The van der Waals surface area contributed by atoms with Gasteiger partial charge in [0.15, 0.2) is 0 Å². The van der Waals surface area contributed by atoms with Crippen molar-refractivity contribution < 1.29 is 24.2 Å². The Labute approximate surface area is 296 Å². The molecule has 0 fully saturated rings. The topological polar surface area (TPSA) is 92.7 Å². The van der Waals surface area contributed by atoms with Crippen LogP contribution in [0.5, 0.6) is 0 Å². The zero-order valence-corrected chi connectivity index (χ0v) is 31.3. The van der Waals surface area contributed by atoms with Crippen LogP contribution in [0.25, 0.3) is 0 Å². The molecule has 0 aliphatic carbocycles. The van der Waals surface area contributed by atoms with Crippen LogP contribution >= 0.6 is 0 Å². The molecule has 6 nitrogen and oxygen atoms in total. The van der Waals surface area contributed by atoms with Crippen LogP contribution in [0.2, 0.25) is 0 Å². The molecule has 0 saturated carbocycles. The van der Waals surface area contributed by atoms with Gasteiger partial charge < -0.3 is 15.2 Å². The largest absolute Gasteiger partial charge is 0.480 e. The van der Waals surface area contributed by atoms with Crippen molar-refractivity contribution in [1.29, 1.82) is 0 Å². The number of esters is 1. The van der Waals surface area contributed by atoms with Gasteiger partial charge in [-0.1, -0.05) is 147 Å². The number of amides is 1. The number of allylic oxidation sites excluding steroid dienone is 5. The molecule has 6 heteroatoms. The standard InChI is InChI=1S/C42H75NO5/c1-3-5-7-9-11-13-14-15-16-17-18-19-21-23-29-33-37-42(47)48-39(34-30-26-22-20-12-10-8-6-4-2)35-31-27-24-25-28-32-36-40(44)43-38-41(45)46/h13-14,16-17,30,34,39H,3-12,15,18-29,31-33,35-38H2,1-2H3,(H,43,44)(H,45,46)/b14-13-,17-16-,34-30-. The number of carbonyl (C=O) groups excluding carboxylic acids is 2. The predicted molar refractivity (Wildman–Crippen MR) is 203 cm³/mol. The summed E-state index contributed by atoms with van der Waals surface area (Å²) in [5.41, 5.74) is 0. The molecule has 0 aliphatic rings. The molecular weight excluding hydrogens is 598 g/mol. The number of unbranched alkanes of at least 4 members (excludes halogenated alkanes) is 21. The minimum atomic E-state index is -1.02. The van der Waals surface area contributed by atoms with Crippen LogP contribution in [0.1, 0.15) is 200 Å². The molecular formula is C42H75NO5. The van der Waals surface area contributed by atoms with Gasteiger partial charge in [-0.25, -0.2) is 0 Å². The summed E-state index contributed by atoms with van der Waals surface area (Å²) in [7, 11) is 0. The minimum Gasteiger partial charge on any atom is -0.480 e. The normalized spacial score (nSPS) is 12.4. The van der Waals surface area contributed by atoms with Crippen LogP contribution in [0, 0.1) is 0 Å². The molecule has 0 radical (unpaired) electrons. The number of ether oxygens (including phenoxy) is 1. The molecule has 0 aliphatic heterocycles. The summed E-state index contributed by atoms with van der Waals surface area (Å²) < 4.78 is 5.93. The molecule has 1 atom stereocenters. The van der Waals surface area contributed by atoms with E-state index in [-0.39, 0.29) is 24.5 Å². The molecule has 278 valence electrons. The van der Waals surface area contributed by atoms with E-state index in [1.54, 1.807) is 0 Å². The average molecular weight is 674 g/mol. The zero-order valence-electron chi connectivity index (χ0n) is 31.3. The van der Waals surface area contributed by atoms with Crippen molar-refractivity contribution in [3.8, 4) is 0 Å². The Balaban J connectivity index is 4.19. The van der Waals surface area contributed by atoms with Gasteiger partial charge in [0.1, 0.15) is 12.6 Å². The lowest BCUT2D eigenvalue weighted by atomic mass is 10.0. The molecule has 0 aromatic rings. The van der Waals surface area contributed by atoms with Crippen molar-refractivity contribution in [3.05, 3.63) is 36.5 Å². The molecule has 1 amide bonds. The average Bonchev–Trinajstić information content (AvgIpc) is 3.07. The van der Waals surface area contributed by atoms with Crippen molar-refractivity contribution in [1.82, 2.24) is 5.32 Å². The predicted octanol–water partition coefficient (Wildman–Crippen LogP) is 12.1. The quantitative estimate of drug-likeness (QED) is 0.0392. The number of carboxylic acids is 1. The summed E-state index contributed by atoms with van der Waals surface area (Å²) in [5.74, 6) is -1.28. The Kier molecular flexibility index (Phi) is 35.6. The SMILES string of the molecule is CCCCCC/C=C\C/C=C\CCCCCCCC(=O)OC(/C=C\CCCCCCCCC)CCCCCCCCC(=O)NCC(=O)O. The maximum absolute atomic E-state index is 12.7. The van der Waals surface area contributed by atoms with Crippen molar-refractivity contribution in [3.63, 3.8) is 0 Å². The van der Waals surface area contributed by atoms with Gasteiger partial charge >= 0.3 is 11.9 Å². The number of hydrogen-bond acceptors (Lipinski definition) is 4. The Morgan fingerprint density at radius 2 is 1.02 bits per heavy atom. The third-order valence-corrected chi connectivity index (χ3v) is 8.77. The van der Waals surface area contributed by atoms with Gasteiger partial charge in [-0.15, -0.1) is 0 Å². The van der Waals surface area contributed by atoms with E-state index in [4.69, 9.17) is 9.84 Å². The number of hydrogen-bond donors (Lipinski definition) is 2. The monoisotopic (exact) mass is 674 g/mol. The molecule has 0 aromatic carbocycles. The number of carboxylic acid groups (broad SMARTS) is 1. The molecule has 0 spiro atoms. The Bertz CT molecular complexity index is 834. The first-order valence-electron chi connectivity index (χ1n) is 20.1. The van der Waals surface area contributed by atoms with Gasteiger partial charge in [0.25, 0.3) is 0 Å². The second-order valence-electron chi connectivity index (χ2n) is 13.5. The van der Waals surface area contributed by atoms with Gasteiger partial charge in [-0.3, -0.25) is 14.4 Å². The van der Waals surface area contributed by atoms with Gasteiger partial charge in [-0.2, -0.15) is 0 Å². The van der Waals surface area contributed by atoms with E-state index in [0.29, 0.717) is 12.8 Å². The number of rotatable bonds is 36. The van der Waals surface area contributed by atoms with Crippen molar-refractivity contribution >= 4 is 17.8 Å². The summed E-state index contributed by atoms with van der Waals surface area (Å²) >= 11 is 0. The molecule has 48 heavy (non-hydrogen) atoms. The first kappa shape index (κ1) is 45.6. The smallest absolute Gasteiger partial charge is 0.322 e. The zero-order chi connectivity index (χ0) is 35.2. The van der Waals surface area contributed by atoms with E-state index in [0.717, 1.165) is 77.0 Å². The van der Waals surface area contributed by atoms with E-state index < -0.39 is 5.97 Å². The fourth-order valence-electron chi connectivity index (χ4n) is 5.75. The molecule has 1 unspecified atom stereocenters. The second-order valence-corrected chi connectivity index (χ2v) is 13.5. The van der Waals surface area contributed by atoms with Gasteiger partial charge in [0.05, 0.1) is 0 Å². The molecule has 0 aromatic heterocycles. The fraction of sp³-hybridized carbons (Fsp3) is 0.786. The lowest BCUT2D eigenvalue weighted by Gasteiger charge is -2.15. The maximum Gasteiger partial charge on any atom is 0.322 e. The summed E-state index contributed by atoms with van der Waals surface area (Å²) in [5, 5.41) is 11.0. The third kappa shape index (κ3) is 36.5. The lowest BCUT2D eigenvalue weighted by molar-refractivity contribution is -0.147. The van der Waals surface area contributed by atoms with E-state index in [2.05, 4.69) is 55.6 Å². The first-order valence-corrected chi connectivity index (χ1v) is 20.1. The highest BCUT2D eigenvalue weighted by atomic mass is 16.5. The number of carbonyl (C=O) groups is 3. The van der Waals surface area contributed by atoms with Gasteiger partial charge in [0.2, 0.25) is 5.91 Å². The summed E-state index contributed by atoms with van der Waals surface area (Å²) in [6.07, 6.45) is 45.6. The molecule has 0 bridgehead atoms. The molecule has 0 saturated heterocycles. The van der Waals surface area contributed by atoms with Crippen LogP contribution in [0.15, 0.2) is 36.5 Å². The highest BCUT2D eigenvalue weighted by Crippen LogP contribution is 2.16.